The number of halogens is 1. The quantitative estimate of drug-likeness (QED) is 0.733. The van der Waals surface area contributed by atoms with E-state index in [4.69, 9.17) is 4.74 Å². The third-order valence-electron chi connectivity index (χ3n) is 4.14. The van der Waals surface area contributed by atoms with E-state index >= 15 is 0 Å². The lowest BCUT2D eigenvalue weighted by atomic mass is 9.79. The van der Waals surface area contributed by atoms with Crippen LogP contribution in [0.15, 0.2) is 46.9 Å². The average Bonchev–Trinajstić information content (AvgIpc) is 2.45. The molecule has 108 valence electrons. The number of hydrogen-bond acceptors (Lipinski definition) is 2. The molecule has 1 aliphatic rings. The van der Waals surface area contributed by atoms with E-state index in [1.54, 1.807) is 7.11 Å². The van der Waals surface area contributed by atoms with Gasteiger partial charge in [-0.1, -0.05) is 24.6 Å². The molecule has 0 aromatic heterocycles. The second kappa shape index (κ2) is 6.02. The van der Waals surface area contributed by atoms with Crippen LogP contribution in [0.5, 0.6) is 5.75 Å². The Kier molecular flexibility index (Phi) is 4.11. The molecule has 0 saturated heterocycles. The first-order valence-electron chi connectivity index (χ1n) is 7.17. The summed E-state index contributed by atoms with van der Waals surface area (Å²) in [6, 6.07) is 13.5. The number of methoxy groups -OCH3 is 1. The maximum absolute atomic E-state index is 12.6. The van der Waals surface area contributed by atoms with Crippen molar-refractivity contribution < 1.29 is 9.53 Å². The van der Waals surface area contributed by atoms with Crippen LogP contribution in [-0.2, 0) is 0 Å². The summed E-state index contributed by atoms with van der Waals surface area (Å²) in [7, 11) is 1.61. The minimum Gasteiger partial charge on any atom is -0.496 e. The molecule has 0 heterocycles. The number of ether oxygens (including phenoxy) is 1. The molecule has 0 N–H and O–H groups in total. The first-order valence-corrected chi connectivity index (χ1v) is 7.96. The van der Waals surface area contributed by atoms with Gasteiger partial charge in [0.15, 0.2) is 5.78 Å². The molecular formula is C18H17BrO2. The number of carbonyl (C=O) groups excluding carboxylic acids is 1. The highest BCUT2D eigenvalue weighted by Gasteiger charge is 2.20. The molecule has 1 fully saturated rings. The second-order valence-electron chi connectivity index (χ2n) is 5.43. The number of carbonyl (C=O) groups is 1. The van der Waals surface area contributed by atoms with E-state index in [2.05, 4.69) is 22.0 Å². The largest absolute Gasteiger partial charge is 0.496 e. The summed E-state index contributed by atoms with van der Waals surface area (Å²) in [6.07, 6.45) is 3.78. The SMILES string of the molecule is COc1ccc(C(=O)c2cccc(C3CCC3)c2)cc1Br. The molecule has 3 rings (SSSR count). The van der Waals surface area contributed by atoms with E-state index in [1.807, 2.05) is 36.4 Å². The fourth-order valence-corrected chi connectivity index (χ4v) is 3.19. The third kappa shape index (κ3) is 2.88. The van der Waals surface area contributed by atoms with Gasteiger partial charge in [0, 0.05) is 11.1 Å². The zero-order chi connectivity index (χ0) is 14.8. The number of rotatable bonds is 4. The van der Waals surface area contributed by atoms with Gasteiger partial charge in [0.25, 0.3) is 0 Å². The molecular weight excluding hydrogens is 328 g/mol. The van der Waals surface area contributed by atoms with Crippen molar-refractivity contribution in [3.8, 4) is 5.75 Å². The van der Waals surface area contributed by atoms with E-state index in [0.29, 0.717) is 11.5 Å². The highest BCUT2D eigenvalue weighted by molar-refractivity contribution is 9.10. The Morgan fingerprint density at radius 1 is 1.14 bits per heavy atom. The molecule has 0 aliphatic heterocycles. The highest BCUT2D eigenvalue weighted by atomic mass is 79.9. The van der Waals surface area contributed by atoms with Gasteiger partial charge in [-0.05, 0) is 64.5 Å². The summed E-state index contributed by atoms with van der Waals surface area (Å²) >= 11 is 3.43. The molecule has 2 nitrogen and oxygen atoms in total. The summed E-state index contributed by atoms with van der Waals surface area (Å²) in [6.45, 7) is 0. The fraction of sp³-hybridized carbons (Fsp3) is 0.278. The second-order valence-corrected chi connectivity index (χ2v) is 6.29. The smallest absolute Gasteiger partial charge is 0.193 e. The van der Waals surface area contributed by atoms with E-state index < -0.39 is 0 Å². The van der Waals surface area contributed by atoms with Gasteiger partial charge in [0.1, 0.15) is 5.75 Å². The molecule has 0 amide bonds. The fourth-order valence-electron chi connectivity index (χ4n) is 2.65. The van der Waals surface area contributed by atoms with Gasteiger partial charge in [0.2, 0.25) is 0 Å². The summed E-state index contributed by atoms with van der Waals surface area (Å²) in [4.78, 5) is 12.6. The molecule has 1 aliphatic carbocycles. The number of hydrogen-bond donors (Lipinski definition) is 0. The van der Waals surface area contributed by atoms with E-state index in [1.165, 1.54) is 24.8 Å². The lowest BCUT2D eigenvalue weighted by Crippen LogP contribution is -2.10. The minimum atomic E-state index is 0.0551. The Hall–Kier alpha value is -1.61. The first-order chi connectivity index (χ1) is 10.2. The van der Waals surface area contributed by atoms with Crippen molar-refractivity contribution in [2.75, 3.05) is 7.11 Å². The molecule has 0 radical (unpaired) electrons. The Morgan fingerprint density at radius 3 is 2.52 bits per heavy atom. The van der Waals surface area contributed by atoms with Gasteiger partial charge >= 0.3 is 0 Å². The summed E-state index contributed by atoms with van der Waals surface area (Å²) in [5.41, 5.74) is 2.73. The van der Waals surface area contributed by atoms with Crippen LogP contribution in [0.4, 0.5) is 0 Å². The maximum Gasteiger partial charge on any atom is 0.193 e. The van der Waals surface area contributed by atoms with E-state index in [0.717, 1.165) is 15.8 Å². The van der Waals surface area contributed by atoms with Crippen LogP contribution < -0.4 is 4.74 Å². The van der Waals surface area contributed by atoms with Crippen molar-refractivity contribution in [3.63, 3.8) is 0 Å². The van der Waals surface area contributed by atoms with E-state index in [9.17, 15) is 4.79 Å². The van der Waals surface area contributed by atoms with Crippen molar-refractivity contribution in [1.82, 2.24) is 0 Å². The van der Waals surface area contributed by atoms with Crippen LogP contribution in [0.3, 0.4) is 0 Å². The Morgan fingerprint density at radius 2 is 1.90 bits per heavy atom. The normalized spacial score (nSPS) is 14.6. The monoisotopic (exact) mass is 344 g/mol. The molecule has 2 aromatic carbocycles. The molecule has 0 bridgehead atoms. The van der Waals surface area contributed by atoms with Gasteiger partial charge in [-0.3, -0.25) is 4.79 Å². The molecule has 21 heavy (non-hydrogen) atoms. The predicted octanol–water partition coefficient (Wildman–Crippen LogP) is 4.96. The average molecular weight is 345 g/mol. The van der Waals surface area contributed by atoms with Crippen LogP contribution in [0.1, 0.15) is 46.7 Å². The zero-order valence-corrected chi connectivity index (χ0v) is 13.5. The Labute approximate surface area is 133 Å². The molecule has 0 spiro atoms. The molecule has 0 unspecified atom stereocenters. The highest BCUT2D eigenvalue weighted by Crippen LogP contribution is 2.36. The molecule has 1 saturated carbocycles. The number of ketones is 1. The maximum atomic E-state index is 12.6. The van der Waals surface area contributed by atoms with Gasteiger partial charge in [-0.25, -0.2) is 0 Å². The molecule has 0 atom stereocenters. The van der Waals surface area contributed by atoms with Gasteiger partial charge < -0.3 is 4.74 Å². The summed E-state index contributed by atoms with van der Waals surface area (Å²) in [5, 5.41) is 0. The predicted molar refractivity (Wildman–Crippen MR) is 87.2 cm³/mol. The lowest BCUT2D eigenvalue weighted by molar-refractivity contribution is 0.103. The Balaban J connectivity index is 1.89. The van der Waals surface area contributed by atoms with Crippen molar-refractivity contribution in [1.29, 1.82) is 0 Å². The van der Waals surface area contributed by atoms with Crippen LogP contribution in [0, 0.1) is 0 Å². The topological polar surface area (TPSA) is 26.3 Å². The van der Waals surface area contributed by atoms with Crippen molar-refractivity contribution in [3.05, 3.63) is 63.6 Å². The summed E-state index contributed by atoms with van der Waals surface area (Å²) in [5.74, 6) is 1.43. The van der Waals surface area contributed by atoms with Crippen LogP contribution in [0.25, 0.3) is 0 Å². The lowest BCUT2D eigenvalue weighted by Gasteiger charge is -2.26. The van der Waals surface area contributed by atoms with Crippen molar-refractivity contribution in [2.45, 2.75) is 25.2 Å². The zero-order valence-electron chi connectivity index (χ0n) is 11.9. The van der Waals surface area contributed by atoms with E-state index in [-0.39, 0.29) is 5.78 Å². The Bertz CT molecular complexity index is 675. The number of benzene rings is 2. The van der Waals surface area contributed by atoms with Crippen LogP contribution in [-0.4, -0.2) is 12.9 Å². The van der Waals surface area contributed by atoms with Gasteiger partial charge in [0.05, 0.1) is 11.6 Å². The molecule has 3 heteroatoms. The standard InChI is InChI=1S/C18H17BrO2/c1-21-17-9-8-15(11-16(17)19)18(20)14-7-3-6-13(10-14)12-4-2-5-12/h3,6-12H,2,4-5H2,1H3. The van der Waals surface area contributed by atoms with Crippen LogP contribution in [0.2, 0.25) is 0 Å². The third-order valence-corrected chi connectivity index (χ3v) is 4.76. The summed E-state index contributed by atoms with van der Waals surface area (Å²) < 4.78 is 6.00. The minimum absolute atomic E-state index is 0.0551. The first kappa shape index (κ1) is 14.3. The van der Waals surface area contributed by atoms with Crippen molar-refractivity contribution in [2.24, 2.45) is 0 Å². The van der Waals surface area contributed by atoms with Gasteiger partial charge in [-0.2, -0.15) is 0 Å². The molecule has 2 aromatic rings. The van der Waals surface area contributed by atoms with Crippen LogP contribution >= 0.6 is 15.9 Å². The van der Waals surface area contributed by atoms with Crippen molar-refractivity contribution >= 4 is 21.7 Å². The van der Waals surface area contributed by atoms with Gasteiger partial charge in [-0.15, -0.1) is 0 Å².